The molecule has 0 aliphatic carbocycles. The van der Waals surface area contributed by atoms with Crippen LogP contribution in [0, 0.1) is 5.92 Å². The van der Waals surface area contributed by atoms with Gasteiger partial charge >= 0.3 is 0 Å². The Morgan fingerprint density at radius 1 is 1.06 bits per heavy atom. The van der Waals surface area contributed by atoms with Crippen LogP contribution in [0.25, 0.3) is 0 Å². The number of piperidine rings is 1. The van der Waals surface area contributed by atoms with Crippen molar-refractivity contribution in [1.29, 1.82) is 0 Å². The summed E-state index contributed by atoms with van der Waals surface area (Å²) in [5.41, 5.74) is 0.736. The average molecular weight is 457 g/mol. The third kappa shape index (κ3) is 4.84. The molecule has 0 radical (unpaired) electrons. The second-order valence-electron chi connectivity index (χ2n) is 7.40. The Labute approximate surface area is 186 Å². The van der Waals surface area contributed by atoms with Crippen LogP contribution in [0.2, 0.25) is 0 Å². The summed E-state index contributed by atoms with van der Waals surface area (Å²) in [6.45, 7) is 0.665. The fourth-order valence-corrected chi connectivity index (χ4v) is 5.92. The van der Waals surface area contributed by atoms with Crippen molar-refractivity contribution in [3.05, 3.63) is 67.0 Å². The maximum atomic E-state index is 12.9. The van der Waals surface area contributed by atoms with Crippen LogP contribution in [-0.2, 0) is 21.9 Å². The van der Waals surface area contributed by atoms with E-state index in [2.05, 4.69) is 10.3 Å². The first-order valence-corrected chi connectivity index (χ1v) is 12.3. The van der Waals surface area contributed by atoms with Crippen molar-refractivity contribution in [1.82, 2.24) is 13.9 Å². The molecule has 0 atom stereocenters. The molecular weight excluding hydrogens is 432 g/mol. The van der Waals surface area contributed by atoms with Gasteiger partial charge < -0.3 is 9.88 Å². The molecular formula is C22H24N4O3S2. The highest BCUT2D eigenvalue weighted by Gasteiger charge is 2.32. The van der Waals surface area contributed by atoms with Gasteiger partial charge in [0.25, 0.3) is 0 Å². The smallest absolute Gasteiger partial charge is 0.243 e. The number of benzene rings is 2. The SMILES string of the molecule is Cn1ccnc1Sc1ccccc1NC(=O)C1CCN(S(=O)(=O)c2ccccc2)CC1. The first-order chi connectivity index (χ1) is 14.9. The fourth-order valence-electron chi connectivity index (χ4n) is 3.54. The van der Waals surface area contributed by atoms with E-state index in [-0.39, 0.29) is 16.7 Å². The van der Waals surface area contributed by atoms with Crippen molar-refractivity contribution in [3.63, 3.8) is 0 Å². The molecule has 162 valence electrons. The molecule has 1 aliphatic heterocycles. The zero-order valence-electron chi connectivity index (χ0n) is 17.1. The topological polar surface area (TPSA) is 84.3 Å². The summed E-state index contributed by atoms with van der Waals surface area (Å²) in [5.74, 6) is -0.307. The lowest BCUT2D eigenvalue weighted by atomic mass is 9.97. The molecule has 0 bridgehead atoms. The molecule has 1 N–H and O–H groups in total. The Hall–Kier alpha value is -2.62. The van der Waals surface area contributed by atoms with Gasteiger partial charge in [-0.05, 0) is 48.9 Å². The molecule has 0 unspecified atom stereocenters. The zero-order chi connectivity index (χ0) is 21.8. The van der Waals surface area contributed by atoms with Crippen molar-refractivity contribution >= 4 is 33.4 Å². The van der Waals surface area contributed by atoms with Gasteiger partial charge in [-0.15, -0.1) is 0 Å². The maximum Gasteiger partial charge on any atom is 0.243 e. The number of imidazole rings is 1. The summed E-state index contributed by atoms with van der Waals surface area (Å²) in [5, 5.41) is 3.87. The van der Waals surface area contributed by atoms with Crippen LogP contribution < -0.4 is 5.32 Å². The van der Waals surface area contributed by atoms with Gasteiger partial charge in [-0.1, -0.05) is 30.3 Å². The normalized spacial score (nSPS) is 15.6. The van der Waals surface area contributed by atoms with E-state index in [4.69, 9.17) is 0 Å². The van der Waals surface area contributed by atoms with Gasteiger partial charge in [0, 0.05) is 43.3 Å². The van der Waals surface area contributed by atoms with Crippen LogP contribution in [0.4, 0.5) is 5.69 Å². The molecule has 7 nitrogen and oxygen atoms in total. The second kappa shape index (κ2) is 9.25. The van der Waals surface area contributed by atoms with E-state index in [1.807, 2.05) is 42.1 Å². The van der Waals surface area contributed by atoms with E-state index in [1.54, 1.807) is 36.5 Å². The van der Waals surface area contributed by atoms with Crippen molar-refractivity contribution in [2.24, 2.45) is 13.0 Å². The molecule has 1 fully saturated rings. The van der Waals surface area contributed by atoms with E-state index >= 15 is 0 Å². The highest BCUT2D eigenvalue weighted by molar-refractivity contribution is 7.99. The number of nitrogens with zero attached hydrogens (tertiary/aromatic N) is 3. The van der Waals surface area contributed by atoms with Gasteiger partial charge in [0.1, 0.15) is 0 Å². The standard InChI is InChI=1S/C22H24N4O3S2/c1-25-16-13-23-22(25)30-20-10-6-5-9-19(20)24-21(27)17-11-14-26(15-12-17)31(28,29)18-7-3-2-4-8-18/h2-10,13,16-17H,11-12,14-15H2,1H3,(H,24,27). The second-order valence-corrected chi connectivity index (χ2v) is 10.3. The predicted octanol–water partition coefficient (Wildman–Crippen LogP) is 3.61. The molecule has 1 aromatic heterocycles. The van der Waals surface area contributed by atoms with Crippen LogP contribution in [0.15, 0.2) is 81.9 Å². The summed E-state index contributed by atoms with van der Waals surface area (Å²) >= 11 is 1.49. The van der Waals surface area contributed by atoms with E-state index < -0.39 is 10.0 Å². The minimum Gasteiger partial charge on any atom is -0.329 e. The molecule has 2 heterocycles. The van der Waals surface area contributed by atoms with Crippen molar-refractivity contribution in [3.8, 4) is 0 Å². The molecule has 0 saturated carbocycles. The number of amides is 1. The lowest BCUT2D eigenvalue weighted by Crippen LogP contribution is -2.41. The van der Waals surface area contributed by atoms with Crippen LogP contribution in [0.3, 0.4) is 0 Å². The van der Waals surface area contributed by atoms with Crippen molar-refractivity contribution in [2.75, 3.05) is 18.4 Å². The van der Waals surface area contributed by atoms with Crippen LogP contribution in [0.5, 0.6) is 0 Å². The maximum absolute atomic E-state index is 12.9. The largest absolute Gasteiger partial charge is 0.329 e. The van der Waals surface area contributed by atoms with Gasteiger partial charge in [0.05, 0.1) is 10.6 Å². The van der Waals surface area contributed by atoms with E-state index in [0.717, 1.165) is 15.7 Å². The minimum absolute atomic E-state index is 0.0790. The van der Waals surface area contributed by atoms with Gasteiger partial charge in [0.15, 0.2) is 5.16 Å². The van der Waals surface area contributed by atoms with E-state index in [0.29, 0.717) is 25.9 Å². The number of hydrogen-bond donors (Lipinski definition) is 1. The van der Waals surface area contributed by atoms with Crippen molar-refractivity contribution < 1.29 is 13.2 Å². The number of carbonyl (C=O) groups is 1. The van der Waals surface area contributed by atoms with E-state index in [1.165, 1.54) is 16.1 Å². The highest BCUT2D eigenvalue weighted by atomic mass is 32.2. The lowest BCUT2D eigenvalue weighted by molar-refractivity contribution is -0.120. The number of sulfonamides is 1. The van der Waals surface area contributed by atoms with Gasteiger partial charge in [-0.3, -0.25) is 4.79 Å². The molecule has 1 amide bonds. The molecule has 2 aromatic carbocycles. The summed E-state index contributed by atoms with van der Waals surface area (Å²) in [4.78, 5) is 18.4. The highest BCUT2D eigenvalue weighted by Crippen LogP contribution is 2.33. The number of anilines is 1. The molecule has 4 rings (SSSR count). The summed E-state index contributed by atoms with van der Waals surface area (Å²) < 4.78 is 29.0. The third-order valence-corrected chi connectivity index (χ3v) is 8.39. The third-order valence-electron chi connectivity index (χ3n) is 5.33. The van der Waals surface area contributed by atoms with E-state index in [9.17, 15) is 13.2 Å². The van der Waals surface area contributed by atoms with Crippen LogP contribution >= 0.6 is 11.8 Å². The molecule has 1 saturated heterocycles. The molecule has 3 aromatic rings. The number of aryl methyl sites for hydroxylation is 1. The Morgan fingerprint density at radius 2 is 1.74 bits per heavy atom. The summed E-state index contributed by atoms with van der Waals surface area (Å²) in [6, 6.07) is 16.1. The minimum atomic E-state index is -3.52. The number of hydrogen-bond acceptors (Lipinski definition) is 5. The Kier molecular flexibility index (Phi) is 6.45. The number of nitrogens with one attached hydrogen (secondary N) is 1. The Bertz CT molecular complexity index is 1150. The van der Waals surface area contributed by atoms with Crippen LogP contribution in [0.1, 0.15) is 12.8 Å². The van der Waals surface area contributed by atoms with Gasteiger partial charge in [0.2, 0.25) is 15.9 Å². The number of aromatic nitrogens is 2. The average Bonchev–Trinajstić information content (AvgIpc) is 3.20. The Morgan fingerprint density at radius 3 is 2.42 bits per heavy atom. The monoisotopic (exact) mass is 456 g/mol. The van der Waals surface area contributed by atoms with Crippen LogP contribution in [-0.4, -0.2) is 41.3 Å². The van der Waals surface area contributed by atoms with Gasteiger partial charge in [-0.2, -0.15) is 4.31 Å². The summed E-state index contributed by atoms with van der Waals surface area (Å²) in [6.07, 6.45) is 4.60. The summed E-state index contributed by atoms with van der Waals surface area (Å²) in [7, 11) is -1.60. The fraction of sp³-hybridized carbons (Fsp3) is 0.273. The van der Waals surface area contributed by atoms with Crippen molar-refractivity contribution in [2.45, 2.75) is 27.8 Å². The predicted molar refractivity (Wildman–Crippen MR) is 120 cm³/mol. The molecule has 9 heteroatoms. The number of carbonyl (C=O) groups excluding carboxylic acids is 1. The first-order valence-electron chi connectivity index (χ1n) is 10.1. The first kappa shape index (κ1) is 21.6. The Balaban J connectivity index is 1.40. The van der Waals surface area contributed by atoms with Gasteiger partial charge in [-0.25, -0.2) is 13.4 Å². The lowest BCUT2D eigenvalue weighted by Gasteiger charge is -2.30. The number of rotatable bonds is 6. The number of para-hydroxylation sites is 1. The molecule has 31 heavy (non-hydrogen) atoms. The zero-order valence-corrected chi connectivity index (χ0v) is 18.8. The molecule has 1 aliphatic rings. The molecule has 0 spiro atoms. The quantitative estimate of drug-likeness (QED) is 0.613.